The molecule has 0 saturated heterocycles. The molecule has 0 fully saturated rings. The Morgan fingerprint density at radius 3 is 2.46 bits per heavy atom. The number of benzene rings is 1. The van der Waals surface area contributed by atoms with Gasteiger partial charge in [0.05, 0.1) is 17.4 Å². The Morgan fingerprint density at radius 2 is 1.85 bits per heavy atom. The summed E-state index contributed by atoms with van der Waals surface area (Å²) in [6, 6.07) is 4.32. The molecule has 0 unspecified atom stereocenters. The van der Waals surface area contributed by atoms with Crippen molar-refractivity contribution in [2.24, 2.45) is 0 Å². The Balaban J connectivity index is 0.000000845. The standard InChI is InChI=1S/C8H5NO3.K/c10-5-3-1-2-4-6(5)8(12)9-7(4)11;/h1-3H,(H2,9,10,11,12);/q;+1/p-1. The van der Waals surface area contributed by atoms with Crippen LogP contribution in [0.5, 0.6) is 5.75 Å². The number of carbonyl (C=O) groups is 2. The normalized spacial score (nSPS) is 13.2. The molecule has 1 heterocycles. The minimum Gasteiger partial charge on any atom is -0.587 e. The number of phenols is 1. The summed E-state index contributed by atoms with van der Waals surface area (Å²) in [5.41, 5.74) is 0.197. The van der Waals surface area contributed by atoms with E-state index in [1.807, 2.05) is 0 Å². The van der Waals surface area contributed by atoms with Crippen LogP contribution < -0.4 is 51.4 Å². The number of aromatic hydroxyl groups is 1. The number of rotatable bonds is 0. The molecule has 0 bridgehead atoms. The molecule has 60 valence electrons. The minimum atomic E-state index is -0.659. The summed E-state index contributed by atoms with van der Waals surface area (Å²) >= 11 is 0. The molecular weight excluding hydrogens is 197 g/mol. The molecule has 1 N–H and O–H groups in total. The van der Waals surface area contributed by atoms with E-state index in [1.54, 1.807) is 0 Å². The van der Waals surface area contributed by atoms with Crippen molar-refractivity contribution in [3.8, 4) is 5.75 Å². The van der Waals surface area contributed by atoms with E-state index in [2.05, 4.69) is 5.32 Å². The fraction of sp³-hybridized carbons (Fsp3) is 0. The predicted octanol–water partition coefficient (Wildman–Crippen LogP) is -1.94. The van der Waals surface area contributed by atoms with Crippen LogP contribution in [-0.2, 0) is 0 Å². The van der Waals surface area contributed by atoms with E-state index >= 15 is 0 Å². The fourth-order valence-electron chi connectivity index (χ4n) is 1.15. The molecule has 0 spiro atoms. The van der Waals surface area contributed by atoms with Gasteiger partial charge in [-0.25, -0.2) is 0 Å². The van der Waals surface area contributed by atoms with Crippen LogP contribution in [0.25, 0.3) is 5.32 Å². The fourth-order valence-corrected chi connectivity index (χ4v) is 1.15. The zero-order valence-corrected chi connectivity index (χ0v) is 10.1. The Labute approximate surface area is 117 Å². The molecular formula is C8H4KNO3. The second-order valence-electron chi connectivity index (χ2n) is 2.42. The molecule has 0 aliphatic carbocycles. The van der Waals surface area contributed by atoms with Gasteiger partial charge in [0.2, 0.25) is 0 Å². The molecule has 2 rings (SSSR count). The molecule has 2 amide bonds. The first-order chi connectivity index (χ1) is 5.70. The molecule has 4 nitrogen and oxygen atoms in total. The van der Waals surface area contributed by atoms with Crippen molar-refractivity contribution in [3.05, 3.63) is 34.6 Å². The van der Waals surface area contributed by atoms with Crippen molar-refractivity contribution in [1.29, 1.82) is 0 Å². The molecule has 0 atom stereocenters. The molecule has 0 radical (unpaired) electrons. The molecule has 1 aromatic carbocycles. The summed E-state index contributed by atoms with van der Waals surface area (Å²) < 4.78 is 0. The minimum absolute atomic E-state index is 0. The van der Waals surface area contributed by atoms with E-state index in [9.17, 15) is 14.7 Å². The Hall–Kier alpha value is -0.204. The van der Waals surface area contributed by atoms with Crippen LogP contribution in [0.15, 0.2) is 18.2 Å². The Kier molecular flexibility index (Phi) is 3.26. The van der Waals surface area contributed by atoms with E-state index in [1.165, 1.54) is 18.2 Å². The van der Waals surface area contributed by atoms with Crippen LogP contribution in [-0.4, -0.2) is 16.9 Å². The Bertz CT molecular complexity index is 389. The summed E-state index contributed by atoms with van der Waals surface area (Å²) in [5, 5.41) is 12.4. The SMILES string of the molecule is O=C1[N-]C(=O)c2c(O)cccc21.[K+]. The molecule has 1 aliphatic heterocycles. The van der Waals surface area contributed by atoms with Crippen molar-refractivity contribution in [1.82, 2.24) is 0 Å². The van der Waals surface area contributed by atoms with Gasteiger partial charge in [-0.1, -0.05) is 12.1 Å². The van der Waals surface area contributed by atoms with E-state index < -0.39 is 11.8 Å². The average molecular weight is 201 g/mol. The number of imide groups is 1. The molecule has 1 aromatic rings. The number of hydrogen-bond donors (Lipinski definition) is 1. The largest absolute Gasteiger partial charge is 1.00 e. The zero-order valence-electron chi connectivity index (χ0n) is 6.94. The molecule has 1 aliphatic rings. The number of phenolic OH excluding ortho intramolecular Hbond substituents is 1. The van der Waals surface area contributed by atoms with E-state index in [4.69, 9.17) is 0 Å². The number of nitrogens with zero attached hydrogens (tertiary/aromatic N) is 1. The molecule has 0 saturated carbocycles. The van der Waals surface area contributed by atoms with Gasteiger partial charge < -0.3 is 20.0 Å². The first kappa shape index (κ1) is 10.9. The van der Waals surface area contributed by atoms with Crippen LogP contribution in [0.1, 0.15) is 20.7 Å². The Morgan fingerprint density at radius 1 is 1.15 bits per heavy atom. The average Bonchev–Trinajstić information content (AvgIpc) is 2.29. The number of hydrogen-bond acceptors (Lipinski definition) is 3. The van der Waals surface area contributed by atoms with Gasteiger partial charge in [-0.15, -0.1) is 0 Å². The van der Waals surface area contributed by atoms with Gasteiger partial charge in [0.1, 0.15) is 5.75 Å². The summed E-state index contributed by atoms with van der Waals surface area (Å²) in [6.07, 6.45) is 0. The summed E-state index contributed by atoms with van der Waals surface area (Å²) in [6.45, 7) is 0. The van der Waals surface area contributed by atoms with Crippen molar-refractivity contribution in [2.75, 3.05) is 0 Å². The van der Waals surface area contributed by atoms with Gasteiger partial charge in [-0.3, -0.25) is 0 Å². The molecule has 13 heavy (non-hydrogen) atoms. The van der Waals surface area contributed by atoms with Crippen molar-refractivity contribution in [3.63, 3.8) is 0 Å². The third-order valence-corrected chi connectivity index (χ3v) is 1.69. The summed E-state index contributed by atoms with van der Waals surface area (Å²) in [4.78, 5) is 21.9. The van der Waals surface area contributed by atoms with Crippen molar-refractivity contribution >= 4 is 11.8 Å². The van der Waals surface area contributed by atoms with Crippen LogP contribution in [0.4, 0.5) is 0 Å². The van der Waals surface area contributed by atoms with Gasteiger partial charge in [-0.05, 0) is 6.07 Å². The van der Waals surface area contributed by atoms with E-state index in [0.717, 1.165) is 0 Å². The monoisotopic (exact) mass is 201 g/mol. The van der Waals surface area contributed by atoms with Gasteiger partial charge in [0.25, 0.3) is 0 Å². The maximum atomic E-state index is 10.9. The van der Waals surface area contributed by atoms with Gasteiger partial charge in [0, 0.05) is 5.56 Å². The van der Waals surface area contributed by atoms with Crippen molar-refractivity contribution in [2.45, 2.75) is 0 Å². The maximum absolute atomic E-state index is 10.9. The number of amides is 2. The second kappa shape index (κ2) is 3.89. The van der Waals surface area contributed by atoms with Crippen molar-refractivity contribution < 1.29 is 66.1 Å². The third-order valence-electron chi connectivity index (χ3n) is 1.69. The first-order valence-corrected chi connectivity index (χ1v) is 3.32. The van der Waals surface area contributed by atoms with E-state index in [0.29, 0.717) is 0 Å². The molecule has 0 aromatic heterocycles. The second-order valence-corrected chi connectivity index (χ2v) is 2.42. The first-order valence-electron chi connectivity index (χ1n) is 3.32. The van der Waals surface area contributed by atoms with Gasteiger partial charge in [-0.2, -0.15) is 0 Å². The van der Waals surface area contributed by atoms with Crippen LogP contribution >= 0.6 is 0 Å². The number of fused-ring (bicyclic) bond motifs is 1. The van der Waals surface area contributed by atoms with E-state index in [-0.39, 0.29) is 68.3 Å². The maximum Gasteiger partial charge on any atom is 1.00 e. The predicted molar refractivity (Wildman–Crippen MR) is 40.1 cm³/mol. The van der Waals surface area contributed by atoms with Crippen LogP contribution in [0.3, 0.4) is 0 Å². The van der Waals surface area contributed by atoms with Crippen LogP contribution in [0, 0.1) is 0 Å². The zero-order chi connectivity index (χ0) is 8.72. The molecule has 5 heteroatoms. The van der Waals surface area contributed by atoms with Gasteiger partial charge >= 0.3 is 51.4 Å². The van der Waals surface area contributed by atoms with Crippen LogP contribution in [0.2, 0.25) is 0 Å². The topological polar surface area (TPSA) is 68.5 Å². The third kappa shape index (κ3) is 1.70. The summed E-state index contributed by atoms with van der Waals surface area (Å²) in [5.74, 6) is -1.42. The summed E-state index contributed by atoms with van der Waals surface area (Å²) in [7, 11) is 0. The quantitative estimate of drug-likeness (QED) is 0.392. The number of carbonyl (C=O) groups excluding carboxylic acids is 2. The smallest absolute Gasteiger partial charge is 0.587 e. The van der Waals surface area contributed by atoms with Gasteiger partial charge in [0.15, 0.2) is 0 Å².